The Morgan fingerprint density at radius 1 is 1.40 bits per heavy atom. The lowest BCUT2D eigenvalue weighted by molar-refractivity contribution is -0.146. The van der Waals surface area contributed by atoms with E-state index >= 15 is 0 Å². The van der Waals surface area contributed by atoms with Gasteiger partial charge in [-0.15, -0.1) is 0 Å². The Kier molecular flexibility index (Phi) is 4.49. The molecule has 0 aliphatic heterocycles. The van der Waals surface area contributed by atoms with Crippen LogP contribution in [0.25, 0.3) is 11.0 Å². The Morgan fingerprint density at radius 2 is 2.08 bits per heavy atom. The van der Waals surface area contributed by atoms with Crippen LogP contribution in [0.2, 0.25) is 0 Å². The molecule has 1 fully saturated rings. The number of carbonyl (C=O) groups is 2. The van der Waals surface area contributed by atoms with Gasteiger partial charge in [-0.2, -0.15) is 5.10 Å². The summed E-state index contributed by atoms with van der Waals surface area (Å²) in [6.07, 6.45) is 5.10. The van der Waals surface area contributed by atoms with Gasteiger partial charge in [0.2, 0.25) is 0 Å². The molecule has 134 valence electrons. The summed E-state index contributed by atoms with van der Waals surface area (Å²) in [5.74, 6) is -0.808. The molecular formula is C18H24N4O3. The summed E-state index contributed by atoms with van der Waals surface area (Å²) in [7, 11) is 1.80. The van der Waals surface area contributed by atoms with E-state index in [4.69, 9.17) is 0 Å². The van der Waals surface area contributed by atoms with E-state index in [1.165, 1.54) is 6.20 Å². The number of carboxylic acids is 1. The first-order valence-corrected chi connectivity index (χ1v) is 8.71. The fourth-order valence-corrected chi connectivity index (χ4v) is 3.69. The van der Waals surface area contributed by atoms with Crippen LogP contribution in [-0.4, -0.2) is 37.3 Å². The zero-order chi connectivity index (χ0) is 18.2. The topological polar surface area (TPSA) is 97.1 Å². The third kappa shape index (κ3) is 3.10. The Balaban J connectivity index is 1.85. The van der Waals surface area contributed by atoms with Gasteiger partial charge in [-0.3, -0.25) is 9.48 Å². The fourth-order valence-electron chi connectivity index (χ4n) is 3.69. The number of rotatable bonds is 4. The third-order valence-electron chi connectivity index (χ3n) is 5.42. The smallest absolute Gasteiger partial charge is 0.329 e. The number of nitrogens with zero attached hydrogens (tertiary/aromatic N) is 3. The molecule has 0 radical (unpaired) electrons. The summed E-state index contributed by atoms with van der Waals surface area (Å²) in [5.41, 5.74) is 0.671. The van der Waals surface area contributed by atoms with Crippen molar-refractivity contribution >= 4 is 22.9 Å². The van der Waals surface area contributed by atoms with Crippen molar-refractivity contribution in [3.63, 3.8) is 0 Å². The minimum Gasteiger partial charge on any atom is -0.480 e. The van der Waals surface area contributed by atoms with Crippen LogP contribution in [0.3, 0.4) is 0 Å². The van der Waals surface area contributed by atoms with Gasteiger partial charge in [-0.05, 0) is 44.6 Å². The standard InChI is InChI=1S/C18H24N4O3/c1-4-12-5-7-18(8-6-12,17(24)25)20-16(23)13-9-14-11(2)21-22(3)15(14)19-10-13/h9-10,12H,4-8H2,1-3H3,(H,20,23)(H,24,25). The molecule has 1 amide bonds. The lowest BCUT2D eigenvalue weighted by Crippen LogP contribution is -2.56. The maximum Gasteiger partial charge on any atom is 0.329 e. The summed E-state index contributed by atoms with van der Waals surface area (Å²) in [4.78, 5) is 28.9. The first-order chi connectivity index (χ1) is 11.9. The van der Waals surface area contributed by atoms with Crippen LogP contribution in [0.15, 0.2) is 12.3 Å². The molecule has 2 heterocycles. The molecule has 7 nitrogen and oxygen atoms in total. The largest absolute Gasteiger partial charge is 0.480 e. The number of nitrogens with one attached hydrogen (secondary N) is 1. The van der Waals surface area contributed by atoms with Crippen LogP contribution in [0, 0.1) is 12.8 Å². The molecule has 0 unspecified atom stereocenters. The van der Waals surface area contributed by atoms with Gasteiger partial charge in [0.1, 0.15) is 5.54 Å². The zero-order valence-electron chi connectivity index (χ0n) is 14.9. The van der Waals surface area contributed by atoms with Gasteiger partial charge in [0.25, 0.3) is 5.91 Å². The number of hydrogen-bond acceptors (Lipinski definition) is 4. The SMILES string of the molecule is CCC1CCC(NC(=O)c2cnc3c(c2)c(C)nn3C)(C(=O)O)CC1. The molecule has 2 N–H and O–H groups in total. The number of amides is 1. The molecule has 2 aromatic heterocycles. The van der Waals surface area contributed by atoms with Crippen LogP contribution in [0.4, 0.5) is 0 Å². The molecule has 0 saturated heterocycles. The maximum absolute atomic E-state index is 12.7. The second-order valence-electron chi connectivity index (χ2n) is 7.00. The Hall–Kier alpha value is -2.44. The molecule has 7 heteroatoms. The van der Waals surface area contributed by atoms with E-state index < -0.39 is 17.4 Å². The number of fused-ring (bicyclic) bond motifs is 1. The molecular weight excluding hydrogens is 320 g/mol. The Bertz CT molecular complexity index is 819. The number of hydrogen-bond donors (Lipinski definition) is 2. The molecule has 1 saturated carbocycles. The minimum atomic E-state index is -1.18. The fraction of sp³-hybridized carbons (Fsp3) is 0.556. The quantitative estimate of drug-likeness (QED) is 0.888. The van der Waals surface area contributed by atoms with Gasteiger partial charge < -0.3 is 10.4 Å². The normalized spacial score (nSPS) is 23.6. The van der Waals surface area contributed by atoms with Crippen LogP contribution < -0.4 is 5.32 Å². The second kappa shape index (κ2) is 6.46. The highest BCUT2D eigenvalue weighted by Crippen LogP contribution is 2.34. The predicted octanol–water partition coefficient (Wildman–Crippen LogP) is 2.43. The minimum absolute atomic E-state index is 0.363. The molecule has 25 heavy (non-hydrogen) atoms. The Labute approximate surface area is 146 Å². The highest BCUT2D eigenvalue weighted by atomic mass is 16.4. The molecule has 0 bridgehead atoms. The Morgan fingerprint density at radius 3 is 2.68 bits per heavy atom. The van der Waals surface area contributed by atoms with Crippen molar-refractivity contribution < 1.29 is 14.7 Å². The van der Waals surface area contributed by atoms with Crippen LogP contribution >= 0.6 is 0 Å². The van der Waals surface area contributed by atoms with Crippen LogP contribution in [-0.2, 0) is 11.8 Å². The lowest BCUT2D eigenvalue weighted by atomic mass is 9.75. The van der Waals surface area contributed by atoms with Gasteiger partial charge in [-0.25, -0.2) is 9.78 Å². The predicted molar refractivity (Wildman–Crippen MR) is 93.3 cm³/mol. The average molecular weight is 344 g/mol. The van der Waals surface area contributed by atoms with Crippen molar-refractivity contribution in [1.29, 1.82) is 0 Å². The summed E-state index contributed by atoms with van der Waals surface area (Å²) in [6.45, 7) is 3.98. The van der Waals surface area contributed by atoms with E-state index in [2.05, 4.69) is 22.3 Å². The van der Waals surface area contributed by atoms with E-state index in [0.717, 1.165) is 30.3 Å². The van der Waals surface area contributed by atoms with Gasteiger partial charge in [0.15, 0.2) is 5.65 Å². The molecule has 1 aliphatic carbocycles. The number of aryl methyl sites for hydroxylation is 2. The second-order valence-corrected chi connectivity index (χ2v) is 7.00. The molecule has 0 spiro atoms. The first-order valence-electron chi connectivity index (χ1n) is 8.71. The molecule has 2 aromatic rings. The summed E-state index contributed by atoms with van der Waals surface area (Å²) >= 11 is 0. The maximum atomic E-state index is 12.7. The summed E-state index contributed by atoms with van der Waals surface area (Å²) in [5, 5.41) is 17.6. The number of carboxylic acid groups (broad SMARTS) is 1. The van der Waals surface area contributed by atoms with Gasteiger partial charge in [-0.1, -0.05) is 13.3 Å². The third-order valence-corrected chi connectivity index (χ3v) is 5.42. The average Bonchev–Trinajstić information content (AvgIpc) is 2.89. The lowest BCUT2D eigenvalue weighted by Gasteiger charge is -2.37. The highest BCUT2D eigenvalue weighted by molar-refractivity contribution is 6.00. The molecule has 0 aromatic carbocycles. The van der Waals surface area contributed by atoms with Crippen LogP contribution in [0.5, 0.6) is 0 Å². The van der Waals surface area contributed by atoms with Crippen LogP contribution in [0.1, 0.15) is 55.1 Å². The van der Waals surface area contributed by atoms with Crippen molar-refractivity contribution in [3.8, 4) is 0 Å². The number of pyridine rings is 1. The summed E-state index contributed by atoms with van der Waals surface area (Å²) < 4.78 is 1.66. The van der Waals surface area contributed by atoms with E-state index in [-0.39, 0.29) is 0 Å². The van der Waals surface area contributed by atoms with Crippen molar-refractivity contribution in [1.82, 2.24) is 20.1 Å². The van der Waals surface area contributed by atoms with E-state index in [0.29, 0.717) is 30.0 Å². The van der Waals surface area contributed by atoms with Gasteiger partial charge in [0, 0.05) is 18.6 Å². The van der Waals surface area contributed by atoms with E-state index in [1.54, 1.807) is 17.8 Å². The monoisotopic (exact) mass is 344 g/mol. The zero-order valence-corrected chi connectivity index (χ0v) is 14.9. The molecule has 1 aliphatic rings. The van der Waals surface area contributed by atoms with Crippen molar-refractivity contribution in [2.45, 2.75) is 51.5 Å². The number of carbonyl (C=O) groups excluding carboxylic acids is 1. The van der Waals surface area contributed by atoms with E-state index in [1.807, 2.05) is 6.92 Å². The van der Waals surface area contributed by atoms with Crippen molar-refractivity contribution in [3.05, 3.63) is 23.5 Å². The van der Waals surface area contributed by atoms with Gasteiger partial charge in [0.05, 0.1) is 11.3 Å². The first kappa shape index (κ1) is 17.4. The van der Waals surface area contributed by atoms with E-state index in [9.17, 15) is 14.7 Å². The molecule has 0 atom stereocenters. The number of aromatic nitrogens is 3. The molecule has 3 rings (SSSR count). The van der Waals surface area contributed by atoms with Crippen molar-refractivity contribution in [2.75, 3.05) is 0 Å². The summed E-state index contributed by atoms with van der Waals surface area (Å²) in [6, 6.07) is 1.73. The highest BCUT2D eigenvalue weighted by Gasteiger charge is 2.43. The van der Waals surface area contributed by atoms with Crippen molar-refractivity contribution in [2.24, 2.45) is 13.0 Å². The number of aliphatic carboxylic acids is 1. The van der Waals surface area contributed by atoms with Gasteiger partial charge >= 0.3 is 5.97 Å².